The molecule has 8 rings (SSSR count). The zero-order chi connectivity index (χ0) is 43.3. The van der Waals surface area contributed by atoms with E-state index < -0.39 is 30.0 Å². The smallest absolute Gasteiger partial charge is 0.329 e. The Morgan fingerprint density at radius 2 is 1.84 bits per heavy atom. The van der Waals surface area contributed by atoms with Crippen molar-refractivity contribution in [1.29, 1.82) is 0 Å². The molecule has 4 aromatic heterocycles. The van der Waals surface area contributed by atoms with Crippen molar-refractivity contribution in [2.24, 2.45) is 18.9 Å². The second kappa shape index (κ2) is 19.1. The highest BCUT2D eigenvalue weighted by Crippen LogP contribution is 2.36. The summed E-state index contributed by atoms with van der Waals surface area (Å²) in [6, 6.07) is 8.49. The number of aryl methyl sites for hydroxylation is 2. The van der Waals surface area contributed by atoms with Crippen LogP contribution in [0.25, 0.3) is 22.5 Å². The van der Waals surface area contributed by atoms with Crippen molar-refractivity contribution >= 4 is 40.3 Å². The van der Waals surface area contributed by atoms with Gasteiger partial charge in [-0.2, -0.15) is 5.10 Å². The van der Waals surface area contributed by atoms with Gasteiger partial charge in [0.25, 0.3) is 12.3 Å². The topological polar surface area (TPSA) is 183 Å². The number of benzene rings is 1. The summed E-state index contributed by atoms with van der Waals surface area (Å²) < 4.78 is 44.5. The fourth-order valence-corrected chi connectivity index (χ4v) is 8.76. The number of imidazole rings is 1. The van der Waals surface area contributed by atoms with Crippen molar-refractivity contribution in [1.82, 2.24) is 39.1 Å². The van der Waals surface area contributed by atoms with Crippen molar-refractivity contribution in [2.45, 2.75) is 89.1 Å². The minimum atomic E-state index is -2.87. The zero-order valence-electron chi connectivity index (χ0n) is 35.2. The first-order chi connectivity index (χ1) is 30.0. The van der Waals surface area contributed by atoms with Gasteiger partial charge in [-0.1, -0.05) is 12.1 Å². The molecule has 2 aliphatic carbocycles. The Morgan fingerprint density at radius 1 is 1.05 bits per heavy atom. The van der Waals surface area contributed by atoms with Crippen LogP contribution in [0.15, 0.2) is 58.2 Å². The molecule has 3 fully saturated rings. The molecule has 1 aliphatic heterocycles. The number of para-hydroxylation sites is 1. The van der Waals surface area contributed by atoms with E-state index in [1.807, 2.05) is 18.2 Å². The molecule has 0 spiro atoms. The van der Waals surface area contributed by atoms with Gasteiger partial charge in [-0.05, 0) is 107 Å². The Balaban J connectivity index is 0.752. The average molecular weight is 857 g/mol. The number of hydrogen-bond donors (Lipinski definition) is 3. The molecule has 3 aliphatic rings. The number of aromatic nitrogens is 6. The van der Waals surface area contributed by atoms with Gasteiger partial charge in [0.15, 0.2) is 11.4 Å². The lowest BCUT2D eigenvalue weighted by atomic mass is 9.86. The van der Waals surface area contributed by atoms with Crippen LogP contribution in [0.2, 0.25) is 0 Å². The maximum absolute atomic E-state index is 14.1. The summed E-state index contributed by atoms with van der Waals surface area (Å²) in [6.45, 7) is 3.85. The number of oxazole rings is 1. The van der Waals surface area contributed by atoms with Crippen LogP contribution in [0.5, 0.6) is 0 Å². The molecule has 3 N–H and O–H groups in total. The summed E-state index contributed by atoms with van der Waals surface area (Å²) in [5.41, 5.74) is 2.30. The predicted octanol–water partition coefficient (Wildman–Crippen LogP) is 6.28. The van der Waals surface area contributed by atoms with Crippen molar-refractivity contribution in [3.05, 3.63) is 76.4 Å². The largest absolute Gasteiger partial charge is 0.444 e. The molecule has 5 heterocycles. The maximum atomic E-state index is 14.1. The first-order valence-corrected chi connectivity index (χ1v) is 21.7. The number of nitrogens with one attached hydrogen (secondary N) is 3. The van der Waals surface area contributed by atoms with Crippen molar-refractivity contribution in [2.75, 3.05) is 50.5 Å². The number of rotatable bonds is 19. The molecular formula is C44H54F2N10O6. The minimum Gasteiger partial charge on any atom is -0.444 e. The highest BCUT2D eigenvalue weighted by molar-refractivity contribution is 6.03. The normalized spacial score (nSPS) is 19.4. The van der Waals surface area contributed by atoms with E-state index in [1.54, 1.807) is 34.6 Å². The first-order valence-electron chi connectivity index (χ1n) is 21.7. The molecule has 5 aromatic rings. The number of nitrogens with zero attached hydrogens (tertiary/aromatic N) is 7. The lowest BCUT2D eigenvalue weighted by molar-refractivity contribution is -0.135. The number of amides is 3. The number of piperidine rings is 1. The molecule has 1 unspecified atom stereocenters. The Hall–Kier alpha value is -5.75. The minimum absolute atomic E-state index is 0.0325. The van der Waals surface area contributed by atoms with Crippen LogP contribution in [-0.4, -0.2) is 91.4 Å². The van der Waals surface area contributed by atoms with Gasteiger partial charge < -0.3 is 24.7 Å². The number of halogens is 2. The number of fused-ring (bicyclic) bond motifs is 1. The summed E-state index contributed by atoms with van der Waals surface area (Å²) >= 11 is 0. The van der Waals surface area contributed by atoms with E-state index in [0.717, 1.165) is 69.2 Å². The molecule has 330 valence electrons. The third-order valence-electron chi connectivity index (χ3n) is 12.3. The van der Waals surface area contributed by atoms with Crippen LogP contribution in [0.3, 0.4) is 0 Å². The van der Waals surface area contributed by atoms with Crippen LogP contribution in [0.1, 0.15) is 104 Å². The maximum Gasteiger partial charge on any atom is 0.329 e. The van der Waals surface area contributed by atoms with Gasteiger partial charge in [-0.15, -0.1) is 0 Å². The van der Waals surface area contributed by atoms with Crippen LogP contribution in [0.4, 0.5) is 20.3 Å². The van der Waals surface area contributed by atoms with Crippen LogP contribution in [-0.2, 0) is 27.8 Å². The number of anilines is 2. The van der Waals surface area contributed by atoms with Gasteiger partial charge in [0.2, 0.25) is 17.7 Å². The van der Waals surface area contributed by atoms with Gasteiger partial charge in [0, 0.05) is 64.3 Å². The van der Waals surface area contributed by atoms with Gasteiger partial charge in [-0.25, -0.2) is 23.5 Å². The van der Waals surface area contributed by atoms with E-state index in [-0.39, 0.29) is 41.3 Å². The van der Waals surface area contributed by atoms with Crippen LogP contribution >= 0.6 is 0 Å². The number of pyridine rings is 1. The Bertz CT molecular complexity index is 2450. The zero-order valence-corrected chi connectivity index (χ0v) is 35.2. The average Bonchev–Trinajstić information content (AvgIpc) is 3.66. The predicted molar refractivity (Wildman–Crippen MR) is 227 cm³/mol. The summed E-state index contributed by atoms with van der Waals surface area (Å²) in [4.78, 5) is 61.6. The summed E-state index contributed by atoms with van der Waals surface area (Å²) in [7, 11) is 3.82. The third kappa shape index (κ3) is 9.96. The fraction of sp³-hybridized carbons (Fsp3) is 0.523. The number of hydrogen-bond acceptors (Lipinski definition) is 11. The Labute approximate surface area is 357 Å². The van der Waals surface area contributed by atoms with E-state index in [2.05, 4.69) is 43.0 Å². The first kappa shape index (κ1) is 42.9. The highest BCUT2D eigenvalue weighted by atomic mass is 19.3. The number of carbonyl (C=O) groups is 3. The molecule has 62 heavy (non-hydrogen) atoms. The van der Waals surface area contributed by atoms with Gasteiger partial charge in [-0.3, -0.25) is 33.5 Å². The molecule has 0 bridgehead atoms. The molecule has 1 aromatic carbocycles. The van der Waals surface area contributed by atoms with Crippen molar-refractivity contribution in [3.63, 3.8) is 0 Å². The molecular weight excluding hydrogens is 803 g/mol. The molecule has 1 atom stereocenters. The van der Waals surface area contributed by atoms with Gasteiger partial charge in [0.05, 0.1) is 22.8 Å². The van der Waals surface area contributed by atoms with Crippen molar-refractivity contribution < 1.29 is 32.3 Å². The molecule has 0 radical (unpaired) electrons. The molecule has 1 saturated heterocycles. The summed E-state index contributed by atoms with van der Waals surface area (Å²) in [6.07, 6.45) is 10.2. The number of carbonyl (C=O) groups excluding carboxylic acids is 3. The monoisotopic (exact) mass is 856 g/mol. The van der Waals surface area contributed by atoms with E-state index in [0.29, 0.717) is 54.8 Å². The second-order valence-corrected chi connectivity index (χ2v) is 16.9. The van der Waals surface area contributed by atoms with Gasteiger partial charge in [0.1, 0.15) is 18.1 Å². The summed E-state index contributed by atoms with van der Waals surface area (Å²) in [5, 5.41) is 12.5. The number of imide groups is 1. The lowest BCUT2D eigenvalue weighted by Gasteiger charge is -2.31. The van der Waals surface area contributed by atoms with Crippen molar-refractivity contribution in [3.8, 4) is 11.5 Å². The van der Waals surface area contributed by atoms with E-state index >= 15 is 0 Å². The lowest BCUT2D eigenvalue weighted by Crippen LogP contribution is -2.44. The second-order valence-electron chi connectivity index (χ2n) is 16.9. The fourth-order valence-electron chi connectivity index (χ4n) is 8.76. The molecule has 3 amide bonds. The highest BCUT2D eigenvalue weighted by Gasteiger charge is 2.32. The molecule has 18 heteroatoms. The third-order valence-corrected chi connectivity index (χ3v) is 12.3. The Morgan fingerprint density at radius 3 is 2.61 bits per heavy atom. The standard InChI is InChI=1S/C44H54F2N10O6/c1-53(19-5-21-61-20-4-7-29-6-3-8-34-39(29)54(2)44(60)56(34)35-15-16-37(57)51-42(35)59)24-28-11-13-31(14-12-28)55-25-32(38(52-55)40(45)46)49-41(58)33-26-62-43(50-33)30-17-18-47-36(22-30)48-23-27-9-10-27/h3,6,8,17-18,22,25-28,31,35,40H,4-5,7,9-16,19-21,23-24H2,1-2H3,(H,47,48)(H,49,58)(H,51,57,59)/t28-,31-,35?. The number of ether oxygens (including phenoxy) is 1. The van der Waals surface area contributed by atoms with E-state index in [4.69, 9.17) is 9.15 Å². The van der Waals surface area contributed by atoms with Crippen LogP contribution < -0.4 is 21.6 Å². The van der Waals surface area contributed by atoms with Gasteiger partial charge >= 0.3 is 5.69 Å². The Kier molecular flexibility index (Phi) is 13.2. The quantitative estimate of drug-likeness (QED) is 0.0628. The number of alkyl halides is 2. The summed E-state index contributed by atoms with van der Waals surface area (Å²) in [5.74, 6) is 0.623. The van der Waals surface area contributed by atoms with E-state index in [1.165, 1.54) is 29.9 Å². The van der Waals surface area contributed by atoms with Crippen LogP contribution in [0, 0.1) is 11.8 Å². The van der Waals surface area contributed by atoms with E-state index in [9.17, 15) is 28.0 Å². The molecule has 2 saturated carbocycles. The SMILES string of the molecule is CN(CCCOCCCc1cccc2c1n(C)c(=O)n2C1CCC(=O)NC1=O)C[C@H]1CC[C@H](n2cc(NC(=O)c3coc(-c4ccnc(NCC5CC5)c4)n3)c(C(F)F)n2)CC1. The molecule has 16 nitrogen and oxygen atoms in total.